The molecule has 1 unspecified atom stereocenters. The monoisotopic (exact) mass is 382 g/mol. The van der Waals surface area contributed by atoms with E-state index >= 15 is 0 Å². The van der Waals surface area contributed by atoms with E-state index in [0.717, 1.165) is 11.4 Å². The van der Waals surface area contributed by atoms with Gasteiger partial charge in [-0.25, -0.2) is 4.98 Å². The average molecular weight is 382 g/mol. The van der Waals surface area contributed by atoms with Crippen molar-refractivity contribution < 1.29 is 9.59 Å². The molecular formula is C20H22N4O2S. The Balaban J connectivity index is 1.54. The molecule has 7 heteroatoms. The normalized spacial score (nSPS) is 11.7. The van der Waals surface area contributed by atoms with Crippen molar-refractivity contribution in [1.29, 1.82) is 0 Å². The molecule has 2 amide bonds. The SMILES string of the molecule is Cn1ccnc1C(NC(=O)CCCNC(=O)c1ccsc1)c1ccccc1. The minimum Gasteiger partial charge on any atom is -0.352 e. The van der Waals surface area contributed by atoms with Crippen molar-refractivity contribution in [2.24, 2.45) is 7.05 Å². The summed E-state index contributed by atoms with van der Waals surface area (Å²) in [6.45, 7) is 0.459. The van der Waals surface area contributed by atoms with Crippen LogP contribution in [0, 0.1) is 0 Å². The van der Waals surface area contributed by atoms with Gasteiger partial charge in [-0.05, 0) is 23.4 Å². The van der Waals surface area contributed by atoms with Crippen molar-refractivity contribution in [1.82, 2.24) is 20.2 Å². The number of aromatic nitrogens is 2. The standard InChI is InChI=1S/C20H22N4O2S/c1-24-12-11-21-19(24)18(15-6-3-2-4-7-15)23-17(25)8-5-10-22-20(26)16-9-13-27-14-16/h2-4,6-7,9,11-14,18H,5,8,10H2,1H3,(H,22,26)(H,23,25). The van der Waals surface area contributed by atoms with Gasteiger partial charge in [-0.2, -0.15) is 11.3 Å². The Morgan fingerprint density at radius 2 is 2.04 bits per heavy atom. The fourth-order valence-corrected chi connectivity index (χ4v) is 3.41. The lowest BCUT2D eigenvalue weighted by atomic mass is 10.1. The number of carbonyl (C=O) groups excluding carboxylic acids is 2. The summed E-state index contributed by atoms with van der Waals surface area (Å²) in [4.78, 5) is 28.7. The number of nitrogens with one attached hydrogen (secondary N) is 2. The Kier molecular flexibility index (Phi) is 6.38. The first-order valence-electron chi connectivity index (χ1n) is 8.77. The van der Waals surface area contributed by atoms with Gasteiger partial charge in [-0.3, -0.25) is 9.59 Å². The lowest BCUT2D eigenvalue weighted by molar-refractivity contribution is -0.121. The van der Waals surface area contributed by atoms with Gasteiger partial charge in [0.1, 0.15) is 11.9 Å². The number of aryl methyl sites for hydroxylation is 1. The van der Waals surface area contributed by atoms with Crippen LogP contribution in [-0.4, -0.2) is 27.9 Å². The largest absolute Gasteiger partial charge is 0.352 e. The first-order chi connectivity index (χ1) is 13.1. The highest BCUT2D eigenvalue weighted by Crippen LogP contribution is 2.20. The van der Waals surface area contributed by atoms with Gasteiger partial charge in [0.15, 0.2) is 0 Å². The number of hydrogen-bond acceptors (Lipinski definition) is 4. The summed E-state index contributed by atoms with van der Waals surface area (Å²) < 4.78 is 1.90. The molecule has 3 aromatic rings. The molecule has 0 aliphatic carbocycles. The van der Waals surface area contributed by atoms with Crippen LogP contribution in [0.1, 0.15) is 40.6 Å². The summed E-state index contributed by atoms with van der Waals surface area (Å²) in [5, 5.41) is 9.56. The highest BCUT2D eigenvalue weighted by Gasteiger charge is 2.20. The Morgan fingerprint density at radius 3 is 2.70 bits per heavy atom. The van der Waals surface area contributed by atoms with E-state index in [2.05, 4.69) is 15.6 Å². The molecule has 0 aliphatic heterocycles. The Morgan fingerprint density at radius 1 is 1.22 bits per heavy atom. The third-order valence-corrected chi connectivity index (χ3v) is 4.89. The second-order valence-corrected chi connectivity index (χ2v) is 6.96. The van der Waals surface area contributed by atoms with E-state index in [1.807, 2.05) is 53.5 Å². The van der Waals surface area contributed by atoms with Gasteiger partial charge in [0.25, 0.3) is 5.91 Å². The molecule has 0 saturated heterocycles. The number of benzene rings is 1. The number of thiophene rings is 1. The van der Waals surface area contributed by atoms with Crippen molar-refractivity contribution in [2.75, 3.05) is 6.54 Å². The van der Waals surface area contributed by atoms with Crippen LogP contribution in [0.2, 0.25) is 0 Å². The summed E-state index contributed by atoms with van der Waals surface area (Å²) in [5.41, 5.74) is 1.63. The second-order valence-electron chi connectivity index (χ2n) is 6.18. The third kappa shape index (κ3) is 5.04. The minimum atomic E-state index is -0.306. The maximum absolute atomic E-state index is 12.4. The predicted octanol–water partition coefficient (Wildman–Crippen LogP) is 2.90. The molecule has 0 saturated carbocycles. The van der Waals surface area contributed by atoms with E-state index < -0.39 is 0 Å². The lowest BCUT2D eigenvalue weighted by Crippen LogP contribution is -2.32. The molecule has 1 atom stereocenters. The van der Waals surface area contributed by atoms with Gasteiger partial charge in [0.2, 0.25) is 5.91 Å². The molecule has 140 valence electrons. The second kappa shape index (κ2) is 9.14. The van der Waals surface area contributed by atoms with Crippen molar-refractivity contribution in [3.05, 3.63) is 76.5 Å². The summed E-state index contributed by atoms with van der Waals surface area (Å²) in [7, 11) is 1.91. The zero-order valence-electron chi connectivity index (χ0n) is 15.1. The molecule has 2 heterocycles. The third-order valence-electron chi connectivity index (χ3n) is 4.20. The highest BCUT2D eigenvalue weighted by molar-refractivity contribution is 7.08. The summed E-state index contributed by atoms with van der Waals surface area (Å²) in [6, 6.07) is 11.2. The molecule has 27 heavy (non-hydrogen) atoms. The molecular weight excluding hydrogens is 360 g/mol. The zero-order chi connectivity index (χ0) is 19.1. The van der Waals surface area contributed by atoms with Crippen molar-refractivity contribution in [3.63, 3.8) is 0 Å². The van der Waals surface area contributed by atoms with Gasteiger partial charge in [0.05, 0.1) is 0 Å². The Hall–Kier alpha value is -2.93. The quantitative estimate of drug-likeness (QED) is 0.588. The first-order valence-corrected chi connectivity index (χ1v) is 9.71. The molecule has 6 nitrogen and oxygen atoms in total. The number of hydrogen-bond donors (Lipinski definition) is 2. The van der Waals surface area contributed by atoms with Crippen LogP contribution in [0.25, 0.3) is 0 Å². The van der Waals surface area contributed by atoms with E-state index in [4.69, 9.17) is 0 Å². The maximum Gasteiger partial charge on any atom is 0.252 e. The number of nitrogens with zero attached hydrogens (tertiary/aromatic N) is 2. The zero-order valence-corrected chi connectivity index (χ0v) is 15.9. The van der Waals surface area contributed by atoms with Crippen molar-refractivity contribution in [3.8, 4) is 0 Å². The molecule has 2 aromatic heterocycles. The van der Waals surface area contributed by atoms with Crippen LogP contribution < -0.4 is 10.6 Å². The molecule has 3 rings (SSSR count). The average Bonchev–Trinajstić information content (AvgIpc) is 3.36. The fraction of sp³-hybridized carbons (Fsp3) is 0.250. The molecule has 0 spiro atoms. The molecule has 0 aliphatic rings. The maximum atomic E-state index is 12.4. The molecule has 0 fully saturated rings. The topological polar surface area (TPSA) is 76.0 Å². The lowest BCUT2D eigenvalue weighted by Gasteiger charge is -2.19. The highest BCUT2D eigenvalue weighted by atomic mass is 32.1. The molecule has 1 aromatic carbocycles. The molecule has 0 radical (unpaired) electrons. The van der Waals surface area contributed by atoms with Crippen LogP contribution in [0.4, 0.5) is 0 Å². The van der Waals surface area contributed by atoms with Crippen molar-refractivity contribution >= 4 is 23.2 Å². The van der Waals surface area contributed by atoms with Crippen molar-refractivity contribution in [2.45, 2.75) is 18.9 Å². The Labute approximate surface area is 162 Å². The van der Waals surface area contributed by atoms with E-state index in [9.17, 15) is 9.59 Å². The van der Waals surface area contributed by atoms with E-state index in [1.54, 1.807) is 17.6 Å². The van der Waals surface area contributed by atoms with Crippen LogP contribution in [0.5, 0.6) is 0 Å². The van der Waals surface area contributed by atoms with Crippen LogP contribution in [0.3, 0.4) is 0 Å². The van der Waals surface area contributed by atoms with E-state index in [-0.39, 0.29) is 17.9 Å². The number of amides is 2. The van der Waals surface area contributed by atoms with Gasteiger partial charge in [-0.15, -0.1) is 0 Å². The van der Waals surface area contributed by atoms with Gasteiger partial charge in [-0.1, -0.05) is 30.3 Å². The number of carbonyl (C=O) groups is 2. The summed E-state index contributed by atoms with van der Waals surface area (Å²) in [6.07, 6.45) is 4.48. The van der Waals surface area contributed by atoms with Crippen LogP contribution in [0.15, 0.2) is 59.6 Å². The number of rotatable bonds is 8. The minimum absolute atomic E-state index is 0.0726. The molecule has 2 N–H and O–H groups in total. The number of imidazole rings is 1. The van der Waals surface area contributed by atoms with Crippen LogP contribution >= 0.6 is 11.3 Å². The Bertz CT molecular complexity index is 875. The van der Waals surface area contributed by atoms with Gasteiger partial charge < -0.3 is 15.2 Å². The predicted molar refractivity (Wildman–Crippen MR) is 106 cm³/mol. The molecule has 0 bridgehead atoms. The van der Waals surface area contributed by atoms with Crippen LogP contribution in [-0.2, 0) is 11.8 Å². The fourth-order valence-electron chi connectivity index (χ4n) is 2.78. The first kappa shape index (κ1) is 18.8. The van der Waals surface area contributed by atoms with E-state index in [0.29, 0.717) is 24.9 Å². The van der Waals surface area contributed by atoms with E-state index in [1.165, 1.54) is 11.3 Å². The van der Waals surface area contributed by atoms with Gasteiger partial charge >= 0.3 is 0 Å². The summed E-state index contributed by atoms with van der Waals surface area (Å²) >= 11 is 1.48. The summed E-state index contributed by atoms with van der Waals surface area (Å²) in [5.74, 6) is 0.601. The van der Waals surface area contributed by atoms with Gasteiger partial charge in [0, 0.05) is 43.4 Å². The smallest absolute Gasteiger partial charge is 0.252 e.